The van der Waals surface area contributed by atoms with E-state index in [1.807, 2.05) is 0 Å². The Balaban J connectivity index is 1.35. The minimum atomic E-state index is -4.34. The van der Waals surface area contributed by atoms with Gasteiger partial charge in [0.2, 0.25) is 0 Å². The second kappa shape index (κ2) is 10.6. The third-order valence-corrected chi connectivity index (χ3v) is 5.14. The van der Waals surface area contributed by atoms with Crippen molar-refractivity contribution in [2.45, 2.75) is 51.4 Å². The minimum Gasteiger partial charge on any atom is -0.352 e. The number of benzene rings is 1. The standard InChI is InChI=1S/C22H29F3O4/c1-2-3-4-5-16-12-26-20(27-13-16)11-6-17-14-28-21(29-15-17)18-7-9-19(10-8-18)22(23,24)25/h4-5,7-10,16-17,20-21H,2-3,6,11-15H2,1H3/b5-4+/t16?,17-,20?,21-. The lowest BCUT2D eigenvalue weighted by Crippen LogP contribution is -2.33. The SMILES string of the molecule is CCC/C=C/C1COC(CC[C@H]2CO[C@H](c3ccc(C(F)(F)F)cc3)OC2)OC1. The van der Waals surface area contributed by atoms with E-state index in [1.165, 1.54) is 12.1 Å². The molecule has 2 fully saturated rings. The summed E-state index contributed by atoms with van der Waals surface area (Å²) in [7, 11) is 0. The average Bonchev–Trinajstić information content (AvgIpc) is 2.73. The molecule has 162 valence electrons. The first-order valence-electron chi connectivity index (χ1n) is 10.3. The topological polar surface area (TPSA) is 36.9 Å². The van der Waals surface area contributed by atoms with Gasteiger partial charge in [0.25, 0.3) is 0 Å². The molecule has 7 heteroatoms. The third kappa shape index (κ3) is 6.81. The number of unbranched alkanes of at least 4 members (excludes halogenated alkanes) is 1. The molecule has 0 amide bonds. The van der Waals surface area contributed by atoms with E-state index < -0.39 is 18.0 Å². The second-order valence-electron chi connectivity index (χ2n) is 7.63. The number of ether oxygens (including phenoxy) is 4. The zero-order chi connectivity index (χ0) is 20.7. The van der Waals surface area contributed by atoms with E-state index in [1.54, 1.807) is 0 Å². The lowest BCUT2D eigenvalue weighted by Gasteiger charge is -2.32. The van der Waals surface area contributed by atoms with Crippen molar-refractivity contribution >= 4 is 0 Å². The summed E-state index contributed by atoms with van der Waals surface area (Å²) in [6.07, 6.45) is 3.03. The van der Waals surface area contributed by atoms with Crippen LogP contribution in [0.1, 0.15) is 50.0 Å². The third-order valence-electron chi connectivity index (χ3n) is 5.14. The number of alkyl halides is 3. The molecule has 0 aliphatic carbocycles. The molecule has 0 radical (unpaired) electrons. The maximum absolute atomic E-state index is 12.7. The fourth-order valence-corrected chi connectivity index (χ4v) is 3.39. The lowest BCUT2D eigenvalue weighted by molar-refractivity contribution is -0.217. The maximum Gasteiger partial charge on any atom is 0.416 e. The number of allylic oxidation sites excluding steroid dienone is 1. The van der Waals surface area contributed by atoms with Gasteiger partial charge in [-0.2, -0.15) is 13.2 Å². The summed E-state index contributed by atoms with van der Waals surface area (Å²) < 4.78 is 61.0. The predicted molar refractivity (Wildman–Crippen MR) is 102 cm³/mol. The smallest absolute Gasteiger partial charge is 0.352 e. The Morgan fingerprint density at radius 2 is 1.59 bits per heavy atom. The van der Waals surface area contributed by atoms with E-state index in [9.17, 15) is 13.2 Å². The number of rotatable bonds is 7. The van der Waals surface area contributed by atoms with Crippen LogP contribution in [0.25, 0.3) is 0 Å². The van der Waals surface area contributed by atoms with Crippen LogP contribution in [0.15, 0.2) is 36.4 Å². The van der Waals surface area contributed by atoms with E-state index in [0.29, 0.717) is 37.9 Å². The molecule has 2 saturated heterocycles. The molecule has 0 spiro atoms. The van der Waals surface area contributed by atoms with Gasteiger partial charge in [-0.05, 0) is 31.4 Å². The maximum atomic E-state index is 12.7. The molecule has 2 heterocycles. The second-order valence-corrected chi connectivity index (χ2v) is 7.63. The molecule has 29 heavy (non-hydrogen) atoms. The van der Waals surface area contributed by atoms with Gasteiger partial charge in [-0.25, -0.2) is 0 Å². The largest absolute Gasteiger partial charge is 0.416 e. The van der Waals surface area contributed by atoms with Crippen molar-refractivity contribution in [3.63, 3.8) is 0 Å². The molecular weight excluding hydrogens is 385 g/mol. The summed E-state index contributed by atoms with van der Waals surface area (Å²) in [5.41, 5.74) is -0.0805. The molecule has 1 aromatic rings. The van der Waals surface area contributed by atoms with Crippen LogP contribution in [-0.2, 0) is 25.1 Å². The van der Waals surface area contributed by atoms with Gasteiger partial charge in [-0.15, -0.1) is 0 Å². The Hall–Kier alpha value is -1.41. The first-order valence-corrected chi connectivity index (χ1v) is 10.3. The first-order chi connectivity index (χ1) is 14.0. The van der Waals surface area contributed by atoms with E-state index in [4.69, 9.17) is 18.9 Å². The van der Waals surface area contributed by atoms with Gasteiger partial charge in [-0.1, -0.05) is 37.6 Å². The number of halogens is 3. The zero-order valence-corrected chi connectivity index (χ0v) is 16.7. The van der Waals surface area contributed by atoms with Gasteiger partial charge in [-0.3, -0.25) is 0 Å². The summed E-state index contributed by atoms with van der Waals surface area (Å²) >= 11 is 0. The van der Waals surface area contributed by atoms with Crippen LogP contribution in [0.5, 0.6) is 0 Å². The highest BCUT2D eigenvalue weighted by molar-refractivity contribution is 5.25. The molecule has 0 bridgehead atoms. The molecule has 0 unspecified atom stereocenters. The fourth-order valence-electron chi connectivity index (χ4n) is 3.39. The molecule has 2 aliphatic heterocycles. The van der Waals surface area contributed by atoms with Gasteiger partial charge < -0.3 is 18.9 Å². The minimum absolute atomic E-state index is 0.196. The average molecular weight is 414 g/mol. The van der Waals surface area contributed by atoms with Crippen LogP contribution in [0.4, 0.5) is 13.2 Å². The zero-order valence-electron chi connectivity index (χ0n) is 16.7. The monoisotopic (exact) mass is 414 g/mol. The fraction of sp³-hybridized carbons (Fsp3) is 0.636. The molecular formula is C22H29F3O4. The number of hydrogen-bond acceptors (Lipinski definition) is 4. The molecule has 3 rings (SSSR count). The summed E-state index contributed by atoms with van der Waals surface area (Å²) in [5.74, 6) is 0.540. The molecule has 2 aliphatic rings. The highest BCUT2D eigenvalue weighted by Crippen LogP contribution is 2.32. The van der Waals surface area contributed by atoms with Crippen molar-refractivity contribution in [2.75, 3.05) is 26.4 Å². The van der Waals surface area contributed by atoms with E-state index in [2.05, 4.69) is 19.1 Å². The molecule has 0 N–H and O–H groups in total. The first kappa shape index (κ1) is 22.3. The van der Waals surface area contributed by atoms with Gasteiger partial charge in [0, 0.05) is 17.4 Å². The normalized spacial score (nSPS) is 28.7. The van der Waals surface area contributed by atoms with Crippen molar-refractivity contribution in [2.24, 2.45) is 11.8 Å². The van der Waals surface area contributed by atoms with Crippen LogP contribution in [0.3, 0.4) is 0 Å². The lowest BCUT2D eigenvalue weighted by atomic mass is 10.0. The van der Waals surface area contributed by atoms with Crippen molar-refractivity contribution in [1.29, 1.82) is 0 Å². The van der Waals surface area contributed by atoms with Gasteiger partial charge in [0.15, 0.2) is 12.6 Å². The van der Waals surface area contributed by atoms with Crippen LogP contribution < -0.4 is 0 Å². The van der Waals surface area contributed by atoms with E-state index >= 15 is 0 Å². The summed E-state index contributed by atoms with van der Waals surface area (Å²) in [5, 5.41) is 0. The Labute approximate surface area is 170 Å². The molecule has 0 atom stereocenters. The van der Waals surface area contributed by atoms with Crippen molar-refractivity contribution < 1.29 is 32.1 Å². The Morgan fingerprint density at radius 1 is 0.931 bits per heavy atom. The summed E-state index contributed by atoms with van der Waals surface area (Å²) in [4.78, 5) is 0. The summed E-state index contributed by atoms with van der Waals surface area (Å²) in [6, 6.07) is 4.92. The predicted octanol–water partition coefficient (Wildman–Crippen LogP) is 5.49. The highest BCUT2D eigenvalue weighted by Gasteiger charge is 2.31. The van der Waals surface area contributed by atoms with Gasteiger partial charge in [0.05, 0.1) is 32.0 Å². The van der Waals surface area contributed by atoms with Crippen molar-refractivity contribution in [3.8, 4) is 0 Å². The molecule has 4 nitrogen and oxygen atoms in total. The quantitative estimate of drug-likeness (QED) is 0.553. The van der Waals surface area contributed by atoms with Crippen molar-refractivity contribution in [3.05, 3.63) is 47.5 Å². The molecule has 0 saturated carbocycles. The highest BCUT2D eigenvalue weighted by atomic mass is 19.4. The molecule has 1 aromatic carbocycles. The van der Waals surface area contributed by atoms with E-state index in [0.717, 1.165) is 37.8 Å². The van der Waals surface area contributed by atoms with E-state index in [-0.39, 0.29) is 12.2 Å². The van der Waals surface area contributed by atoms with Gasteiger partial charge in [0.1, 0.15) is 0 Å². The van der Waals surface area contributed by atoms with Crippen LogP contribution in [0.2, 0.25) is 0 Å². The van der Waals surface area contributed by atoms with Gasteiger partial charge >= 0.3 is 6.18 Å². The van der Waals surface area contributed by atoms with Crippen LogP contribution in [0, 0.1) is 11.8 Å². The van der Waals surface area contributed by atoms with Crippen LogP contribution >= 0.6 is 0 Å². The Morgan fingerprint density at radius 3 is 2.17 bits per heavy atom. The van der Waals surface area contributed by atoms with Crippen LogP contribution in [-0.4, -0.2) is 32.7 Å². The Kier molecular flexibility index (Phi) is 8.12. The summed E-state index contributed by atoms with van der Waals surface area (Å²) in [6.45, 7) is 4.51. The molecule has 0 aromatic heterocycles. The number of hydrogen-bond donors (Lipinski definition) is 0. The van der Waals surface area contributed by atoms with Crippen molar-refractivity contribution in [1.82, 2.24) is 0 Å². The Bertz CT molecular complexity index is 628.